The number of nitrogens with zero attached hydrogens (tertiary/aromatic N) is 3. The fourth-order valence-electron chi connectivity index (χ4n) is 3.09. The molecule has 2 aromatic rings. The first kappa shape index (κ1) is 18.2. The molecule has 1 atom stereocenters. The summed E-state index contributed by atoms with van der Waals surface area (Å²) < 4.78 is 0. The van der Waals surface area contributed by atoms with Crippen molar-refractivity contribution in [1.82, 2.24) is 19.9 Å². The Labute approximate surface area is 151 Å². The Morgan fingerprint density at radius 2 is 2.23 bits per heavy atom. The maximum absolute atomic E-state index is 12.6. The lowest BCUT2D eigenvalue weighted by atomic mass is 10.0. The van der Waals surface area contributed by atoms with Crippen molar-refractivity contribution in [3.8, 4) is 11.5 Å². The highest BCUT2D eigenvalue weighted by atomic mass is 16.3. The molecule has 0 aliphatic carbocycles. The Morgan fingerprint density at radius 3 is 2.96 bits per heavy atom. The first-order valence-electron chi connectivity index (χ1n) is 8.79. The summed E-state index contributed by atoms with van der Waals surface area (Å²) in [4.78, 5) is 38.1. The van der Waals surface area contributed by atoms with Crippen LogP contribution in [0.25, 0.3) is 11.5 Å². The van der Waals surface area contributed by atoms with Crippen molar-refractivity contribution in [2.45, 2.75) is 38.3 Å². The average molecular weight is 357 g/mol. The largest absolute Gasteiger partial charge is 0.396 e. The van der Waals surface area contributed by atoms with Gasteiger partial charge < -0.3 is 20.7 Å². The molecule has 4 N–H and O–H groups in total. The molecule has 1 aliphatic rings. The van der Waals surface area contributed by atoms with Crippen molar-refractivity contribution in [3.05, 3.63) is 46.0 Å². The van der Waals surface area contributed by atoms with Crippen LogP contribution in [0.4, 0.5) is 0 Å². The Bertz CT molecular complexity index is 821. The van der Waals surface area contributed by atoms with Gasteiger partial charge >= 0.3 is 0 Å². The zero-order valence-electron chi connectivity index (χ0n) is 14.5. The van der Waals surface area contributed by atoms with Crippen LogP contribution in [0.1, 0.15) is 30.5 Å². The highest BCUT2D eigenvalue weighted by Gasteiger charge is 2.27. The smallest absolute Gasteiger partial charge is 0.254 e. The number of rotatable bonds is 6. The number of aliphatic hydroxyl groups excluding tert-OH is 1. The van der Waals surface area contributed by atoms with Crippen molar-refractivity contribution in [2.24, 2.45) is 5.73 Å². The van der Waals surface area contributed by atoms with Crippen molar-refractivity contribution >= 4 is 5.91 Å². The third-order valence-corrected chi connectivity index (χ3v) is 4.53. The summed E-state index contributed by atoms with van der Waals surface area (Å²) in [6.07, 6.45) is 3.96. The Kier molecular flexibility index (Phi) is 5.75. The van der Waals surface area contributed by atoms with Gasteiger partial charge in [0.2, 0.25) is 5.91 Å². The first-order chi connectivity index (χ1) is 12.6. The zero-order valence-corrected chi connectivity index (χ0v) is 14.5. The molecule has 0 spiro atoms. The molecule has 2 aromatic heterocycles. The number of aromatic amines is 1. The lowest BCUT2D eigenvalue weighted by Crippen LogP contribution is -2.47. The molecule has 1 aliphatic heterocycles. The van der Waals surface area contributed by atoms with E-state index in [1.54, 1.807) is 23.2 Å². The number of fused-ring (bicyclic) bond motifs is 1. The summed E-state index contributed by atoms with van der Waals surface area (Å²) in [5.41, 5.74) is 7.59. The van der Waals surface area contributed by atoms with E-state index in [0.717, 1.165) is 0 Å². The van der Waals surface area contributed by atoms with Crippen molar-refractivity contribution in [3.63, 3.8) is 0 Å². The van der Waals surface area contributed by atoms with Crippen LogP contribution in [0.15, 0.2) is 29.2 Å². The number of H-pyrrole nitrogens is 1. The van der Waals surface area contributed by atoms with Gasteiger partial charge in [0.15, 0.2) is 5.82 Å². The summed E-state index contributed by atoms with van der Waals surface area (Å²) in [6.45, 7) is 0.819. The number of hydrogen-bond acceptors (Lipinski definition) is 6. The summed E-state index contributed by atoms with van der Waals surface area (Å²) in [5.74, 6) is 0.256. The molecule has 0 unspecified atom stereocenters. The second-order valence-electron chi connectivity index (χ2n) is 6.39. The molecule has 138 valence electrons. The van der Waals surface area contributed by atoms with Gasteiger partial charge in [-0.15, -0.1) is 0 Å². The van der Waals surface area contributed by atoms with Gasteiger partial charge in [-0.2, -0.15) is 0 Å². The van der Waals surface area contributed by atoms with Gasteiger partial charge in [-0.05, 0) is 37.8 Å². The van der Waals surface area contributed by atoms with E-state index in [2.05, 4.69) is 15.0 Å². The van der Waals surface area contributed by atoms with Crippen LogP contribution in [0.5, 0.6) is 0 Å². The van der Waals surface area contributed by atoms with E-state index in [4.69, 9.17) is 10.8 Å². The Morgan fingerprint density at radius 1 is 1.38 bits per heavy atom. The molecular formula is C18H23N5O3. The number of aromatic nitrogens is 3. The molecule has 0 saturated heterocycles. The van der Waals surface area contributed by atoms with E-state index in [-0.39, 0.29) is 24.6 Å². The fraction of sp³-hybridized carbons (Fsp3) is 0.444. The van der Waals surface area contributed by atoms with Gasteiger partial charge in [0.1, 0.15) is 5.69 Å². The molecule has 8 nitrogen and oxygen atoms in total. The zero-order chi connectivity index (χ0) is 18.5. The van der Waals surface area contributed by atoms with Crippen LogP contribution in [0.3, 0.4) is 0 Å². The molecule has 0 radical (unpaired) electrons. The molecule has 0 aromatic carbocycles. The predicted molar refractivity (Wildman–Crippen MR) is 96.1 cm³/mol. The van der Waals surface area contributed by atoms with Crippen LogP contribution in [0.2, 0.25) is 0 Å². The molecule has 0 saturated carbocycles. The summed E-state index contributed by atoms with van der Waals surface area (Å²) >= 11 is 0. The molecule has 0 bridgehead atoms. The Balaban J connectivity index is 1.78. The maximum atomic E-state index is 12.6. The SMILES string of the molecule is N[C@@H](CCCCO)C(=O)N1CCc2c(nc(-c3ccccn3)[nH]c2=O)C1. The second kappa shape index (κ2) is 8.20. The molecule has 3 rings (SSSR count). The van der Waals surface area contributed by atoms with E-state index in [1.165, 1.54) is 0 Å². The highest BCUT2D eigenvalue weighted by Crippen LogP contribution is 2.18. The van der Waals surface area contributed by atoms with Crippen LogP contribution in [0, 0.1) is 0 Å². The van der Waals surface area contributed by atoms with Gasteiger partial charge in [0.25, 0.3) is 5.56 Å². The molecule has 8 heteroatoms. The monoisotopic (exact) mass is 357 g/mol. The number of carbonyl (C=O) groups excluding carboxylic acids is 1. The van der Waals surface area contributed by atoms with Crippen LogP contribution < -0.4 is 11.3 Å². The summed E-state index contributed by atoms with van der Waals surface area (Å²) in [6, 6.07) is 4.79. The third-order valence-electron chi connectivity index (χ3n) is 4.53. The minimum atomic E-state index is -0.597. The molecule has 3 heterocycles. The first-order valence-corrected chi connectivity index (χ1v) is 8.79. The van der Waals surface area contributed by atoms with E-state index in [9.17, 15) is 9.59 Å². The summed E-state index contributed by atoms with van der Waals surface area (Å²) in [7, 11) is 0. The summed E-state index contributed by atoms with van der Waals surface area (Å²) in [5, 5.41) is 8.84. The number of amides is 1. The lowest BCUT2D eigenvalue weighted by molar-refractivity contribution is -0.133. The number of aliphatic hydroxyl groups is 1. The average Bonchev–Trinajstić information content (AvgIpc) is 2.67. The van der Waals surface area contributed by atoms with Gasteiger partial charge in [-0.1, -0.05) is 6.07 Å². The normalized spacial score (nSPS) is 14.8. The van der Waals surface area contributed by atoms with Gasteiger partial charge in [-0.3, -0.25) is 14.6 Å². The number of pyridine rings is 1. The van der Waals surface area contributed by atoms with Crippen molar-refractivity contribution in [1.29, 1.82) is 0 Å². The highest BCUT2D eigenvalue weighted by molar-refractivity contribution is 5.81. The quantitative estimate of drug-likeness (QED) is 0.635. The van der Waals surface area contributed by atoms with Crippen LogP contribution >= 0.6 is 0 Å². The molecular weight excluding hydrogens is 334 g/mol. The molecule has 26 heavy (non-hydrogen) atoms. The number of carbonyl (C=O) groups is 1. The third kappa shape index (κ3) is 3.97. The fourth-order valence-corrected chi connectivity index (χ4v) is 3.09. The number of hydrogen-bond donors (Lipinski definition) is 3. The standard InChI is InChI=1S/C18H23N5O3/c19-13(5-2-4-10-24)18(26)23-9-7-12-15(11-23)21-16(22-17(12)25)14-6-1-3-8-20-14/h1,3,6,8,13,24H,2,4-5,7,9-11,19H2,(H,21,22,25)/t13-/m0/s1. The van der Waals surface area contributed by atoms with Crippen LogP contribution in [-0.2, 0) is 17.8 Å². The van der Waals surface area contributed by atoms with E-state index in [1.807, 2.05) is 6.07 Å². The molecule has 1 amide bonds. The van der Waals surface area contributed by atoms with E-state index >= 15 is 0 Å². The Hall–Kier alpha value is -2.58. The van der Waals surface area contributed by atoms with Gasteiger partial charge in [-0.25, -0.2) is 4.98 Å². The maximum Gasteiger partial charge on any atom is 0.254 e. The predicted octanol–water partition coefficient (Wildman–Crippen LogP) is 0.206. The van der Waals surface area contributed by atoms with Crippen molar-refractivity contribution < 1.29 is 9.90 Å². The van der Waals surface area contributed by atoms with Crippen LogP contribution in [-0.4, -0.2) is 50.1 Å². The minimum absolute atomic E-state index is 0.0982. The topological polar surface area (TPSA) is 125 Å². The number of unbranched alkanes of at least 4 members (excludes halogenated alkanes) is 1. The second-order valence-corrected chi connectivity index (χ2v) is 6.39. The number of nitrogens with two attached hydrogens (primary N) is 1. The number of nitrogens with one attached hydrogen (secondary N) is 1. The van der Waals surface area contributed by atoms with E-state index in [0.29, 0.717) is 55.0 Å². The lowest BCUT2D eigenvalue weighted by Gasteiger charge is -2.30. The molecule has 0 fully saturated rings. The van der Waals surface area contributed by atoms with E-state index < -0.39 is 6.04 Å². The van der Waals surface area contributed by atoms with Gasteiger partial charge in [0, 0.05) is 24.9 Å². The van der Waals surface area contributed by atoms with Crippen molar-refractivity contribution in [2.75, 3.05) is 13.2 Å². The van der Waals surface area contributed by atoms with Gasteiger partial charge in [0.05, 0.1) is 18.3 Å². The minimum Gasteiger partial charge on any atom is -0.396 e.